The molecule has 1 aromatic heterocycles. The van der Waals surface area contributed by atoms with Crippen LogP contribution >= 0.6 is 0 Å². The predicted octanol–water partition coefficient (Wildman–Crippen LogP) is 2.69. The Morgan fingerprint density at radius 3 is 1.92 bits per heavy atom. The van der Waals surface area contributed by atoms with E-state index in [0.717, 1.165) is 12.3 Å². The molecule has 0 aromatic carbocycles. The Bertz CT molecular complexity index is 1120. The lowest BCUT2D eigenvalue weighted by atomic mass is 9.92. The first kappa shape index (κ1) is 32.8. The zero-order valence-electron chi connectivity index (χ0n) is 18.7. The van der Waals surface area contributed by atoms with E-state index < -0.39 is 97.6 Å². The molecule has 1 aromatic rings. The van der Waals surface area contributed by atoms with E-state index in [2.05, 4.69) is 0 Å². The lowest BCUT2D eigenvalue weighted by Gasteiger charge is -2.39. The Hall–Kier alpha value is -2.39. The number of aliphatic hydroxyl groups is 2. The number of ether oxygens (including phenoxy) is 2. The number of rotatable bonds is 11. The van der Waals surface area contributed by atoms with Crippen LogP contribution in [-0.2, 0) is 9.47 Å². The normalized spacial score (nSPS) is 23.9. The molecule has 1 unspecified atom stereocenters. The molecule has 1 aliphatic heterocycles. The highest BCUT2D eigenvalue weighted by Gasteiger charge is 2.90. The highest BCUT2D eigenvalue weighted by Crippen LogP contribution is 2.60. The molecule has 1 fully saturated rings. The maximum Gasteiger partial charge on any atom is 0.460 e. The van der Waals surface area contributed by atoms with Crippen molar-refractivity contribution in [1.82, 2.24) is 9.55 Å². The molecular weight excluding hydrogens is 587 g/mol. The van der Waals surface area contributed by atoms with Crippen LogP contribution in [0.4, 0.5) is 57.1 Å². The maximum absolute atomic E-state index is 13.9. The summed E-state index contributed by atoms with van der Waals surface area (Å²) >= 11 is 0. The zero-order valence-corrected chi connectivity index (χ0v) is 18.7. The number of halogens is 13. The molecule has 21 heteroatoms. The largest absolute Gasteiger partial charge is 0.460 e. The molecule has 2 heterocycles. The zero-order chi connectivity index (χ0) is 30.4. The molecule has 1 saturated heterocycles. The van der Waals surface area contributed by atoms with Crippen molar-refractivity contribution in [2.24, 2.45) is 0 Å². The van der Waals surface area contributed by atoms with Crippen LogP contribution in [0.25, 0.3) is 0 Å². The highest BCUT2D eigenvalue weighted by atomic mass is 19.4. The number of H-pyrrole nitrogens is 1. The van der Waals surface area contributed by atoms with Crippen LogP contribution in [0.1, 0.15) is 19.1 Å². The highest BCUT2D eigenvalue weighted by molar-refractivity contribution is 5.10. The molecule has 2 rings (SSSR count). The van der Waals surface area contributed by atoms with Crippen molar-refractivity contribution >= 4 is 0 Å². The second-order valence-corrected chi connectivity index (χ2v) is 8.19. The van der Waals surface area contributed by atoms with Gasteiger partial charge in [-0.2, -0.15) is 57.1 Å². The number of nitrogens with zero attached hydrogens (tertiary/aromatic N) is 1. The molecule has 0 radical (unpaired) electrons. The summed E-state index contributed by atoms with van der Waals surface area (Å²) < 4.78 is 182. The Kier molecular flexibility index (Phi) is 8.87. The number of aromatic amines is 1. The van der Waals surface area contributed by atoms with E-state index in [4.69, 9.17) is 9.47 Å². The van der Waals surface area contributed by atoms with E-state index in [1.54, 1.807) is 4.98 Å². The minimum absolute atomic E-state index is 0.581. The van der Waals surface area contributed by atoms with Gasteiger partial charge in [-0.05, 0) is 6.42 Å². The quantitative estimate of drug-likeness (QED) is 0.265. The number of hydrogen-bond acceptors (Lipinski definition) is 6. The Labute approximate surface area is 206 Å². The van der Waals surface area contributed by atoms with Crippen LogP contribution in [-0.4, -0.2) is 87.1 Å². The molecule has 0 amide bonds. The van der Waals surface area contributed by atoms with E-state index in [1.807, 2.05) is 0 Å². The van der Waals surface area contributed by atoms with Crippen molar-refractivity contribution in [2.45, 2.75) is 73.2 Å². The van der Waals surface area contributed by atoms with Gasteiger partial charge in [0.05, 0.1) is 6.61 Å². The smallest absolute Gasteiger partial charge is 0.394 e. The van der Waals surface area contributed by atoms with E-state index in [1.165, 1.54) is 0 Å². The summed E-state index contributed by atoms with van der Waals surface area (Å²) in [5.74, 6) is -37.5. The molecular formula is C18H17F13N2O6. The summed E-state index contributed by atoms with van der Waals surface area (Å²) in [4.78, 5) is 24.9. The predicted molar refractivity (Wildman–Crippen MR) is 98.1 cm³/mol. The van der Waals surface area contributed by atoms with Crippen molar-refractivity contribution in [2.75, 3.05) is 13.2 Å². The van der Waals surface area contributed by atoms with Gasteiger partial charge >= 0.3 is 41.5 Å². The van der Waals surface area contributed by atoms with Gasteiger partial charge in [-0.15, -0.1) is 0 Å². The number of alkyl halides is 13. The molecule has 39 heavy (non-hydrogen) atoms. The number of hydrogen-bond donors (Lipinski definition) is 3. The number of aromatic nitrogens is 2. The van der Waals surface area contributed by atoms with Crippen LogP contribution in [0.2, 0.25) is 0 Å². The molecule has 3 N–H and O–H groups in total. The fraction of sp³-hybridized carbons (Fsp3) is 0.778. The summed E-state index contributed by atoms with van der Waals surface area (Å²) in [7, 11) is 0. The summed E-state index contributed by atoms with van der Waals surface area (Å²) in [5, 5.41) is 19.4. The van der Waals surface area contributed by atoms with Gasteiger partial charge in [-0.25, -0.2) is 4.79 Å². The fourth-order valence-corrected chi connectivity index (χ4v) is 3.37. The molecule has 0 saturated carbocycles. The minimum Gasteiger partial charge on any atom is -0.394 e. The molecule has 0 spiro atoms. The van der Waals surface area contributed by atoms with Gasteiger partial charge in [0.15, 0.2) is 6.23 Å². The van der Waals surface area contributed by atoms with Gasteiger partial charge in [0.25, 0.3) is 5.56 Å². The van der Waals surface area contributed by atoms with Gasteiger partial charge in [0, 0.05) is 25.3 Å². The van der Waals surface area contributed by atoms with E-state index in [0.29, 0.717) is 4.57 Å². The van der Waals surface area contributed by atoms with E-state index in [9.17, 15) is 76.9 Å². The van der Waals surface area contributed by atoms with Crippen molar-refractivity contribution in [3.8, 4) is 0 Å². The first-order valence-electron chi connectivity index (χ1n) is 10.3. The fourth-order valence-electron chi connectivity index (χ4n) is 3.37. The molecule has 0 bridgehead atoms. The third kappa shape index (κ3) is 5.49. The Morgan fingerprint density at radius 2 is 1.44 bits per heavy atom. The summed E-state index contributed by atoms with van der Waals surface area (Å²) in [6.07, 6.45) is -17.5. The van der Waals surface area contributed by atoms with Crippen LogP contribution in [0.5, 0.6) is 0 Å². The van der Waals surface area contributed by atoms with Gasteiger partial charge < -0.3 is 19.7 Å². The Morgan fingerprint density at radius 1 is 0.897 bits per heavy atom. The molecule has 226 valence electrons. The summed E-state index contributed by atoms with van der Waals surface area (Å²) in [6.45, 7) is -2.14. The lowest BCUT2D eigenvalue weighted by Crippen LogP contribution is -2.70. The van der Waals surface area contributed by atoms with Gasteiger partial charge in [-0.3, -0.25) is 14.3 Å². The van der Waals surface area contributed by atoms with Crippen LogP contribution in [0.3, 0.4) is 0 Å². The summed E-state index contributed by atoms with van der Waals surface area (Å²) in [5.41, 5.74) is -2.07. The summed E-state index contributed by atoms with van der Waals surface area (Å²) in [6, 6.07) is 0.779. The molecule has 0 aliphatic carbocycles. The number of nitrogens with one attached hydrogen (secondary N) is 1. The average molecular weight is 604 g/mol. The van der Waals surface area contributed by atoms with Crippen LogP contribution < -0.4 is 11.2 Å². The molecule has 4 atom stereocenters. The standard InChI is InChI=1S/C18H17F13N2O6/c19-13(20,14(21,22)15(23,24)16(25,26)17(27,28)18(29,30)31)3-1-5-38-10-9(36)7(6-34)39-11(10)33-4-2-8(35)32-12(33)37/h2,4,7,9-11,34,36H,1,3,5-6H2,(H,32,35,37)/t7-,9?,10+,11-/m1/s1. The van der Waals surface area contributed by atoms with Crippen molar-refractivity contribution < 1.29 is 76.8 Å². The van der Waals surface area contributed by atoms with Crippen LogP contribution in [0.15, 0.2) is 21.9 Å². The third-order valence-electron chi connectivity index (χ3n) is 5.56. The van der Waals surface area contributed by atoms with Crippen molar-refractivity contribution in [3.63, 3.8) is 0 Å². The monoisotopic (exact) mass is 604 g/mol. The first-order valence-corrected chi connectivity index (χ1v) is 10.3. The van der Waals surface area contributed by atoms with Crippen molar-refractivity contribution in [1.29, 1.82) is 0 Å². The third-order valence-corrected chi connectivity index (χ3v) is 5.56. The van der Waals surface area contributed by atoms with Gasteiger partial charge in [0.2, 0.25) is 0 Å². The molecule has 8 nitrogen and oxygen atoms in total. The Balaban J connectivity index is 2.19. The van der Waals surface area contributed by atoms with Gasteiger partial charge in [-0.1, -0.05) is 0 Å². The first-order chi connectivity index (χ1) is 17.5. The minimum atomic E-state index is -8.01. The average Bonchev–Trinajstić information content (AvgIpc) is 3.10. The second kappa shape index (κ2) is 10.5. The molecule has 1 aliphatic rings. The maximum atomic E-state index is 13.9. The lowest BCUT2D eigenvalue weighted by molar-refractivity contribution is -0.440. The van der Waals surface area contributed by atoms with Crippen molar-refractivity contribution in [3.05, 3.63) is 33.1 Å². The number of aliphatic hydroxyl groups excluding tert-OH is 2. The SMILES string of the molecule is O=c1ccn([C@@H]2O[C@H](CO)C(O)[C@@H]2OCCCC(F)(F)C(F)(F)C(F)(F)C(F)(F)C(F)(F)C(F)(F)F)c(=O)[nH]1. The second-order valence-electron chi connectivity index (χ2n) is 8.19. The van der Waals surface area contributed by atoms with Crippen LogP contribution in [0, 0.1) is 0 Å². The van der Waals surface area contributed by atoms with E-state index in [-0.39, 0.29) is 0 Å². The van der Waals surface area contributed by atoms with E-state index >= 15 is 0 Å². The topological polar surface area (TPSA) is 114 Å². The van der Waals surface area contributed by atoms with Gasteiger partial charge in [0.1, 0.15) is 18.3 Å².